The summed E-state index contributed by atoms with van der Waals surface area (Å²) in [5.41, 5.74) is 1.11. The molecule has 2 aliphatic heterocycles. The van der Waals surface area contributed by atoms with Crippen LogP contribution < -0.4 is 5.32 Å². The van der Waals surface area contributed by atoms with E-state index in [1.807, 2.05) is 24.3 Å². The van der Waals surface area contributed by atoms with Gasteiger partial charge < -0.3 is 5.32 Å². The van der Waals surface area contributed by atoms with Crippen LogP contribution in [0.3, 0.4) is 0 Å². The third kappa shape index (κ3) is 5.19. The number of halogens is 1. The van der Waals surface area contributed by atoms with Crippen molar-refractivity contribution in [1.82, 2.24) is 10.2 Å². The number of hydrogen-bond acceptors (Lipinski definition) is 4. The highest BCUT2D eigenvalue weighted by Gasteiger charge is 2.30. The molecule has 0 bridgehead atoms. The normalized spacial score (nSPS) is 24.3. The lowest BCUT2D eigenvalue weighted by atomic mass is 10.0. The molecule has 3 rings (SSSR count). The molecule has 1 amide bonds. The Morgan fingerprint density at radius 3 is 2.72 bits per heavy atom. The Kier molecular flexibility index (Phi) is 6.02. The number of carbonyl (C=O) groups excluding carboxylic acids is 1. The van der Waals surface area contributed by atoms with Crippen LogP contribution in [0.2, 0.25) is 5.02 Å². The molecule has 2 unspecified atom stereocenters. The molecule has 2 heterocycles. The molecule has 2 fully saturated rings. The Labute approximate surface area is 154 Å². The summed E-state index contributed by atoms with van der Waals surface area (Å²) in [5, 5.41) is 3.71. The van der Waals surface area contributed by atoms with Crippen molar-refractivity contribution < 1.29 is 13.2 Å². The second-order valence-corrected chi connectivity index (χ2v) is 9.76. The molecule has 1 aromatic rings. The van der Waals surface area contributed by atoms with Crippen LogP contribution in [0.25, 0.3) is 0 Å². The fraction of sp³-hybridized carbons (Fsp3) is 0.611. The number of carbonyl (C=O) groups is 1. The molecule has 7 heteroatoms. The third-order valence-corrected chi connectivity index (χ3v) is 7.18. The summed E-state index contributed by atoms with van der Waals surface area (Å²) < 4.78 is 23.1. The number of amides is 1. The zero-order valence-corrected chi connectivity index (χ0v) is 15.9. The molecular weight excluding hydrogens is 360 g/mol. The van der Waals surface area contributed by atoms with Crippen molar-refractivity contribution in [2.24, 2.45) is 5.92 Å². The van der Waals surface area contributed by atoms with Gasteiger partial charge >= 0.3 is 0 Å². The predicted molar refractivity (Wildman–Crippen MR) is 99.4 cm³/mol. The van der Waals surface area contributed by atoms with Crippen LogP contribution in [0.15, 0.2) is 24.3 Å². The second kappa shape index (κ2) is 8.06. The number of sulfone groups is 1. The highest BCUT2D eigenvalue weighted by Crippen LogP contribution is 2.27. The summed E-state index contributed by atoms with van der Waals surface area (Å²) in [7, 11) is -2.94. The molecule has 1 aromatic carbocycles. The van der Waals surface area contributed by atoms with Gasteiger partial charge in [-0.2, -0.15) is 0 Å². The van der Waals surface area contributed by atoms with Crippen molar-refractivity contribution in [2.75, 3.05) is 31.1 Å². The molecule has 5 nitrogen and oxygen atoms in total. The van der Waals surface area contributed by atoms with E-state index in [1.54, 1.807) is 0 Å². The number of nitrogens with zero attached hydrogens (tertiary/aromatic N) is 1. The first kappa shape index (κ1) is 18.7. The summed E-state index contributed by atoms with van der Waals surface area (Å²) in [6.07, 6.45) is 3.23. The highest BCUT2D eigenvalue weighted by molar-refractivity contribution is 7.91. The summed E-state index contributed by atoms with van der Waals surface area (Å²) in [4.78, 5) is 14.7. The van der Waals surface area contributed by atoms with Gasteiger partial charge in [-0.05, 0) is 56.0 Å². The summed E-state index contributed by atoms with van der Waals surface area (Å²) in [6, 6.07) is 7.90. The van der Waals surface area contributed by atoms with E-state index in [9.17, 15) is 13.2 Å². The fourth-order valence-corrected chi connectivity index (χ4v) is 5.86. The first-order chi connectivity index (χ1) is 11.9. The highest BCUT2D eigenvalue weighted by atomic mass is 35.5. The Bertz CT molecular complexity index is 717. The summed E-state index contributed by atoms with van der Waals surface area (Å²) in [5.74, 6) is 0.253. The van der Waals surface area contributed by atoms with Gasteiger partial charge in [-0.3, -0.25) is 9.69 Å². The molecule has 138 valence electrons. The van der Waals surface area contributed by atoms with Crippen molar-refractivity contribution >= 4 is 27.3 Å². The van der Waals surface area contributed by atoms with Crippen LogP contribution in [0, 0.1) is 5.92 Å². The fourth-order valence-electron chi connectivity index (χ4n) is 3.80. The molecule has 25 heavy (non-hydrogen) atoms. The maximum absolute atomic E-state index is 12.3. The van der Waals surface area contributed by atoms with Crippen molar-refractivity contribution in [3.8, 4) is 0 Å². The van der Waals surface area contributed by atoms with Crippen molar-refractivity contribution in [1.29, 1.82) is 0 Å². The SMILES string of the molecule is O=C(CC1CCS(=O)(=O)C1)NCC(c1cccc(Cl)c1)N1CCCC1. The molecule has 1 N–H and O–H groups in total. The zero-order chi connectivity index (χ0) is 17.9. The maximum Gasteiger partial charge on any atom is 0.220 e. The van der Waals surface area contributed by atoms with E-state index in [2.05, 4.69) is 10.2 Å². The van der Waals surface area contributed by atoms with Crippen LogP contribution in [-0.4, -0.2) is 50.4 Å². The van der Waals surface area contributed by atoms with E-state index >= 15 is 0 Å². The Balaban J connectivity index is 1.59. The van der Waals surface area contributed by atoms with Crippen LogP contribution in [0.1, 0.15) is 37.3 Å². The lowest BCUT2D eigenvalue weighted by Gasteiger charge is -2.28. The molecular formula is C18H25ClN2O3S. The third-order valence-electron chi connectivity index (χ3n) is 5.11. The average molecular weight is 385 g/mol. The predicted octanol–water partition coefficient (Wildman–Crippen LogP) is 2.42. The van der Waals surface area contributed by atoms with E-state index in [1.165, 1.54) is 12.8 Å². The Morgan fingerprint density at radius 1 is 1.32 bits per heavy atom. The molecule has 0 aromatic heterocycles. The van der Waals surface area contributed by atoms with Crippen LogP contribution in [-0.2, 0) is 14.6 Å². The van der Waals surface area contributed by atoms with E-state index in [0.717, 1.165) is 18.7 Å². The average Bonchev–Trinajstić information content (AvgIpc) is 3.17. The molecule has 2 aliphatic rings. The van der Waals surface area contributed by atoms with Gasteiger partial charge in [-0.1, -0.05) is 23.7 Å². The largest absolute Gasteiger partial charge is 0.354 e. The van der Waals surface area contributed by atoms with Gasteiger partial charge in [-0.25, -0.2) is 8.42 Å². The van der Waals surface area contributed by atoms with Gasteiger partial charge in [-0.15, -0.1) is 0 Å². The lowest BCUT2D eigenvalue weighted by molar-refractivity contribution is -0.122. The maximum atomic E-state index is 12.3. The molecule has 2 atom stereocenters. The van der Waals surface area contributed by atoms with Crippen LogP contribution >= 0.6 is 11.6 Å². The van der Waals surface area contributed by atoms with Gasteiger partial charge in [0.15, 0.2) is 9.84 Å². The van der Waals surface area contributed by atoms with Crippen molar-refractivity contribution in [3.63, 3.8) is 0 Å². The minimum Gasteiger partial charge on any atom is -0.354 e. The van der Waals surface area contributed by atoms with Crippen LogP contribution in [0.4, 0.5) is 0 Å². The molecule has 0 saturated carbocycles. The lowest BCUT2D eigenvalue weighted by Crippen LogP contribution is -2.37. The molecule has 0 aliphatic carbocycles. The number of rotatable bonds is 6. The topological polar surface area (TPSA) is 66.5 Å². The van der Waals surface area contributed by atoms with Gasteiger partial charge in [0.1, 0.15) is 0 Å². The van der Waals surface area contributed by atoms with Gasteiger partial charge in [0.25, 0.3) is 0 Å². The molecule has 0 radical (unpaired) electrons. The quantitative estimate of drug-likeness (QED) is 0.817. The minimum atomic E-state index is -2.94. The van der Waals surface area contributed by atoms with E-state index < -0.39 is 9.84 Å². The standard InChI is InChI=1S/C18H25ClN2O3S/c19-16-5-3-4-15(11-16)17(21-7-1-2-8-21)12-20-18(22)10-14-6-9-25(23,24)13-14/h3-5,11,14,17H,1-2,6-10,12-13H2,(H,20,22). The first-order valence-corrected chi connectivity index (χ1v) is 11.1. The smallest absolute Gasteiger partial charge is 0.220 e. The number of hydrogen-bond donors (Lipinski definition) is 1. The molecule has 2 saturated heterocycles. The number of likely N-dealkylation sites (tertiary alicyclic amines) is 1. The molecule has 0 spiro atoms. The number of nitrogens with one attached hydrogen (secondary N) is 1. The van der Waals surface area contributed by atoms with E-state index in [-0.39, 0.29) is 29.4 Å². The van der Waals surface area contributed by atoms with Crippen molar-refractivity contribution in [3.05, 3.63) is 34.9 Å². The Morgan fingerprint density at radius 2 is 2.08 bits per heavy atom. The Hall–Kier alpha value is -1.11. The van der Waals surface area contributed by atoms with E-state index in [4.69, 9.17) is 11.6 Å². The first-order valence-electron chi connectivity index (χ1n) is 8.89. The van der Waals surface area contributed by atoms with E-state index in [0.29, 0.717) is 24.4 Å². The van der Waals surface area contributed by atoms with Gasteiger partial charge in [0.05, 0.1) is 17.5 Å². The van der Waals surface area contributed by atoms with Gasteiger partial charge in [0.2, 0.25) is 5.91 Å². The number of benzene rings is 1. The monoisotopic (exact) mass is 384 g/mol. The van der Waals surface area contributed by atoms with Gasteiger partial charge in [0, 0.05) is 18.0 Å². The van der Waals surface area contributed by atoms with Crippen LogP contribution in [0.5, 0.6) is 0 Å². The second-order valence-electron chi connectivity index (χ2n) is 7.09. The van der Waals surface area contributed by atoms with Crippen molar-refractivity contribution in [2.45, 2.75) is 31.7 Å². The summed E-state index contributed by atoms with van der Waals surface area (Å²) >= 11 is 6.14. The summed E-state index contributed by atoms with van der Waals surface area (Å²) in [6.45, 7) is 2.57. The zero-order valence-electron chi connectivity index (χ0n) is 14.3. The minimum absolute atomic E-state index is 0.0404.